The lowest BCUT2D eigenvalue weighted by molar-refractivity contribution is 0.147. The molecular weight excluding hydrogens is 308 g/mol. The molecule has 1 aliphatic carbocycles. The molecule has 2 heterocycles. The number of para-hydroxylation sites is 2. The zero-order valence-electron chi connectivity index (χ0n) is 13.4. The Bertz CT molecular complexity index is 676. The molecule has 2 aliphatic rings. The van der Waals surface area contributed by atoms with Crippen molar-refractivity contribution in [2.24, 2.45) is 0 Å². The van der Waals surface area contributed by atoms with Crippen molar-refractivity contribution < 1.29 is 0 Å². The number of nitrogens with zero attached hydrogens (tertiary/aromatic N) is 4. The number of hydrogen-bond acceptors (Lipinski definition) is 4. The first-order valence-electron chi connectivity index (χ1n) is 8.72. The van der Waals surface area contributed by atoms with E-state index in [2.05, 4.69) is 14.8 Å². The van der Waals surface area contributed by atoms with Crippen LogP contribution in [-0.2, 0) is 0 Å². The third-order valence-corrected chi connectivity index (χ3v) is 5.47. The minimum atomic E-state index is 0.523. The summed E-state index contributed by atoms with van der Waals surface area (Å²) >= 11 is 6.39. The van der Waals surface area contributed by atoms with Crippen LogP contribution in [0.15, 0.2) is 24.3 Å². The number of piperazine rings is 1. The number of rotatable bonds is 2. The van der Waals surface area contributed by atoms with Crippen LogP contribution in [-0.4, -0.2) is 47.1 Å². The van der Waals surface area contributed by atoms with Gasteiger partial charge >= 0.3 is 0 Å². The Labute approximate surface area is 142 Å². The number of halogens is 1. The molecule has 1 aromatic carbocycles. The Balaban J connectivity index is 1.48. The van der Waals surface area contributed by atoms with E-state index in [1.807, 2.05) is 24.3 Å². The summed E-state index contributed by atoms with van der Waals surface area (Å²) in [6.45, 7) is 4.19. The minimum Gasteiger partial charge on any atom is -0.351 e. The molecule has 1 saturated carbocycles. The molecule has 0 N–H and O–H groups in total. The number of fused-ring (bicyclic) bond motifs is 1. The van der Waals surface area contributed by atoms with Gasteiger partial charge in [0.15, 0.2) is 11.0 Å². The van der Waals surface area contributed by atoms with Gasteiger partial charge in [-0.1, -0.05) is 43.0 Å². The van der Waals surface area contributed by atoms with E-state index < -0.39 is 0 Å². The maximum atomic E-state index is 6.39. The molecule has 0 spiro atoms. The lowest BCUT2D eigenvalue weighted by Crippen LogP contribution is -2.51. The van der Waals surface area contributed by atoms with E-state index in [1.54, 1.807) is 0 Å². The highest BCUT2D eigenvalue weighted by atomic mass is 35.5. The van der Waals surface area contributed by atoms with E-state index in [0.717, 1.165) is 49.1 Å². The normalized spacial score (nSPS) is 21.0. The summed E-state index contributed by atoms with van der Waals surface area (Å²) in [5, 5.41) is 0.523. The van der Waals surface area contributed by atoms with E-state index >= 15 is 0 Å². The van der Waals surface area contributed by atoms with Crippen LogP contribution in [0.2, 0.25) is 5.15 Å². The van der Waals surface area contributed by atoms with Crippen molar-refractivity contribution in [2.45, 2.75) is 38.1 Å². The third kappa shape index (κ3) is 3.15. The molecule has 4 nitrogen and oxygen atoms in total. The van der Waals surface area contributed by atoms with Crippen LogP contribution in [0, 0.1) is 0 Å². The fraction of sp³-hybridized carbons (Fsp3) is 0.556. The van der Waals surface area contributed by atoms with Crippen molar-refractivity contribution in [3.05, 3.63) is 29.4 Å². The third-order valence-electron chi connectivity index (χ3n) is 5.22. The molecule has 0 radical (unpaired) electrons. The van der Waals surface area contributed by atoms with Gasteiger partial charge in [-0.15, -0.1) is 0 Å². The molecule has 1 aliphatic heterocycles. The highest BCUT2D eigenvalue weighted by Gasteiger charge is 2.26. The van der Waals surface area contributed by atoms with Gasteiger partial charge in [-0.3, -0.25) is 4.90 Å². The molecule has 0 atom stereocenters. The van der Waals surface area contributed by atoms with E-state index in [-0.39, 0.29) is 0 Å². The minimum absolute atomic E-state index is 0.523. The number of aromatic nitrogens is 2. The maximum absolute atomic E-state index is 6.39. The first kappa shape index (κ1) is 15.2. The van der Waals surface area contributed by atoms with Crippen LogP contribution in [0.5, 0.6) is 0 Å². The summed E-state index contributed by atoms with van der Waals surface area (Å²) in [5.74, 6) is 0.841. The van der Waals surface area contributed by atoms with Crippen molar-refractivity contribution in [3.8, 4) is 0 Å². The fourth-order valence-corrected chi connectivity index (χ4v) is 4.17. The first-order valence-corrected chi connectivity index (χ1v) is 9.10. The zero-order valence-corrected chi connectivity index (χ0v) is 14.2. The van der Waals surface area contributed by atoms with E-state index in [4.69, 9.17) is 16.6 Å². The topological polar surface area (TPSA) is 32.3 Å². The molecule has 4 rings (SSSR count). The highest BCUT2D eigenvalue weighted by molar-refractivity contribution is 6.32. The van der Waals surface area contributed by atoms with Crippen LogP contribution in [0.25, 0.3) is 11.0 Å². The Hall–Kier alpha value is -1.39. The van der Waals surface area contributed by atoms with Crippen LogP contribution < -0.4 is 4.90 Å². The predicted molar refractivity (Wildman–Crippen MR) is 95.2 cm³/mol. The van der Waals surface area contributed by atoms with Crippen molar-refractivity contribution >= 4 is 28.5 Å². The van der Waals surface area contributed by atoms with Gasteiger partial charge in [0.05, 0.1) is 11.0 Å². The Morgan fingerprint density at radius 3 is 2.22 bits per heavy atom. The Morgan fingerprint density at radius 1 is 0.870 bits per heavy atom. The molecule has 23 heavy (non-hydrogen) atoms. The van der Waals surface area contributed by atoms with Gasteiger partial charge in [0.2, 0.25) is 0 Å². The summed E-state index contributed by atoms with van der Waals surface area (Å²) < 4.78 is 0. The van der Waals surface area contributed by atoms with Gasteiger partial charge in [0, 0.05) is 32.2 Å². The summed E-state index contributed by atoms with van der Waals surface area (Å²) in [4.78, 5) is 14.2. The second-order valence-electron chi connectivity index (χ2n) is 6.64. The largest absolute Gasteiger partial charge is 0.351 e. The van der Waals surface area contributed by atoms with Crippen molar-refractivity contribution in [1.82, 2.24) is 14.9 Å². The molecular formula is C18H23ClN4. The Kier molecular flexibility index (Phi) is 4.36. The summed E-state index contributed by atoms with van der Waals surface area (Å²) in [6.07, 6.45) is 6.95. The standard InChI is InChI=1S/C18H23ClN4/c19-17-18(21-16-9-5-4-8-15(16)20-17)23-12-10-22(11-13-23)14-6-2-1-3-7-14/h4-5,8-9,14H,1-3,6-7,10-13H2. The second-order valence-corrected chi connectivity index (χ2v) is 7.00. The molecule has 1 aromatic heterocycles. The van der Waals surface area contributed by atoms with Gasteiger partial charge in [-0.25, -0.2) is 9.97 Å². The number of anilines is 1. The number of benzene rings is 1. The molecule has 1 saturated heterocycles. The molecule has 2 fully saturated rings. The van der Waals surface area contributed by atoms with Crippen LogP contribution >= 0.6 is 11.6 Å². The fourth-order valence-electron chi connectivity index (χ4n) is 3.92. The first-order chi connectivity index (χ1) is 11.3. The smallest absolute Gasteiger partial charge is 0.172 e. The summed E-state index contributed by atoms with van der Waals surface area (Å²) in [5.41, 5.74) is 1.78. The highest BCUT2D eigenvalue weighted by Crippen LogP contribution is 2.28. The van der Waals surface area contributed by atoms with Crippen molar-refractivity contribution in [1.29, 1.82) is 0 Å². The molecule has 0 amide bonds. The average molecular weight is 331 g/mol. The SMILES string of the molecule is Clc1nc2ccccc2nc1N1CCN(C2CCCCC2)CC1. The van der Waals surface area contributed by atoms with Gasteiger partial charge in [0.1, 0.15) is 0 Å². The van der Waals surface area contributed by atoms with Gasteiger partial charge < -0.3 is 4.90 Å². The van der Waals surface area contributed by atoms with Crippen LogP contribution in [0.1, 0.15) is 32.1 Å². The van der Waals surface area contributed by atoms with Crippen LogP contribution in [0.3, 0.4) is 0 Å². The van der Waals surface area contributed by atoms with Gasteiger partial charge in [-0.05, 0) is 25.0 Å². The summed E-state index contributed by atoms with van der Waals surface area (Å²) in [6, 6.07) is 8.72. The lowest BCUT2D eigenvalue weighted by atomic mass is 9.94. The van der Waals surface area contributed by atoms with E-state index in [1.165, 1.54) is 32.1 Å². The molecule has 2 aromatic rings. The maximum Gasteiger partial charge on any atom is 0.172 e. The zero-order chi connectivity index (χ0) is 15.6. The molecule has 0 unspecified atom stereocenters. The van der Waals surface area contributed by atoms with E-state index in [0.29, 0.717) is 5.15 Å². The van der Waals surface area contributed by atoms with Gasteiger partial charge in [-0.2, -0.15) is 0 Å². The number of hydrogen-bond donors (Lipinski definition) is 0. The monoisotopic (exact) mass is 330 g/mol. The molecule has 122 valence electrons. The predicted octanol–water partition coefficient (Wildman–Crippen LogP) is 3.74. The van der Waals surface area contributed by atoms with Gasteiger partial charge in [0.25, 0.3) is 0 Å². The second kappa shape index (κ2) is 6.62. The summed E-state index contributed by atoms with van der Waals surface area (Å²) in [7, 11) is 0. The Morgan fingerprint density at radius 2 is 1.52 bits per heavy atom. The van der Waals surface area contributed by atoms with Crippen molar-refractivity contribution in [3.63, 3.8) is 0 Å². The lowest BCUT2D eigenvalue weighted by Gasteiger charge is -2.41. The molecule has 0 bridgehead atoms. The average Bonchev–Trinajstić information content (AvgIpc) is 2.62. The van der Waals surface area contributed by atoms with Crippen LogP contribution in [0.4, 0.5) is 5.82 Å². The van der Waals surface area contributed by atoms with E-state index in [9.17, 15) is 0 Å². The molecule has 5 heteroatoms. The quantitative estimate of drug-likeness (QED) is 0.839. The van der Waals surface area contributed by atoms with Crippen molar-refractivity contribution in [2.75, 3.05) is 31.1 Å².